The molecule has 0 bridgehead atoms. The second-order valence-corrected chi connectivity index (χ2v) is 5.39. The Bertz CT molecular complexity index is 480. The summed E-state index contributed by atoms with van der Waals surface area (Å²) in [5.41, 5.74) is 2.04. The normalized spacial score (nSPS) is 18.9. The third-order valence-corrected chi connectivity index (χ3v) is 3.66. The first-order chi connectivity index (χ1) is 9.63. The van der Waals surface area contributed by atoms with Crippen LogP contribution in [0.4, 0.5) is 0 Å². The molecule has 0 radical (unpaired) electrons. The van der Waals surface area contributed by atoms with Gasteiger partial charge in [0.25, 0.3) is 0 Å². The van der Waals surface area contributed by atoms with E-state index in [2.05, 4.69) is 23.7 Å². The molecule has 0 aliphatic carbocycles. The predicted octanol–water partition coefficient (Wildman–Crippen LogP) is 2.34. The summed E-state index contributed by atoms with van der Waals surface area (Å²) in [7, 11) is 1.59. The Balaban J connectivity index is 0.00000220. The molecule has 4 nitrogen and oxygen atoms in total. The van der Waals surface area contributed by atoms with Gasteiger partial charge in [0.15, 0.2) is 11.5 Å². The molecule has 0 aromatic heterocycles. The standard InChI is InChI=1S/C16H24N2O2.ClH/c1-4-5-14-8-13(9-15(20-3)16(14)19)11-18-7-6-17-12(2)10-18;/h4,8-9,12,17,19H,1,5-7,10-11H2,2-3H3;1H/t12-;/m0./s1. The Morgan fingerprint density at radius 3 is 2.90 bits per heavy atom. The number of aromatic hydroxyl groups is 1. The highest BCUT2D eigenvalue weighted by molar-refractivity contribution is 5.85. The Morgan fingerprint density at radius 2 is 2.29 bits per heavy atom. The molecule has 1 aliphatic heterocycles. The van der Waals surface area contributed by atoms with Gasteiger partial charge in [-0.3, -0.25) is 4.90 Å². The summed E-state index contributed by atoms with van der Waals surface area (Å²) in [6, 6.07) is 4.50. The number of piperazine rings is 1. The van der Waals surface area contributed by atoms with E-state index in [0.29, 0.717) is 18.2 Å². The zero-order valence-corrected chi connectivity index (χ0v) is 13.6. The average molecular weight is 313 g/mol. The molecule has 1 saturated heterocycles. The molecule has 0 unspecified atom stereocenters. The van der Waals surface area contributed by atoms with E-state index in [1.165, 1.54) is 5.56 Å². The number of ether oxygens (including phenoxy) is 1. The van der Waals surface area contributed by atoms with Crippen molar-refractivity contribution in [2.45, 2.75) is 25.9 Å². The molecule has 2 rings (SSSR count). The van der Waals surface area contributed by atoms with Crippen LogP contribution < -0.4 is 10.1 Å². The van der Waals surface area contributed by atoms with Crippen LogP contribution in [0.15, 0.2) is 24.8 Å². The van der Waals surface area contributed by atoms with Crippen LogP contribution in [-0.4, -0.2) is 42.8 Å². The second-order valence-electron chi connectivity index (χ2n) is 5.39. The van der Waals surface area contributed by atoms with Gasteiger partial charge in [-0.2, -0.15) is 0 Å². The van der Waals surface area contributed by atoms with Gasteiger partial charge in [0.1, 0.15) is 0 Å². The van der Waals surface area contributed by atoms with Crippen molar-refractivity contribution in [3.8, 4) is 11.5 Å². The molecule has 0 spiro atoms. The lowest BCUT2D eigenvalue weighted by Crippen LogP contribution is -2.48. The minimum Gasteiger partial charge on any atom is -0.504 e. The third kappa shape index (κ3) is 4.63. The molecule has 21 heavy (non-hydrogen) atoms. The zero-order chi connectivity index (χ0) is 14.5. The van der Waals surface area contributed by atoms with Gasteiger partial charge in [0.05, 0.1) is 7.11 Å². The quantitative estimate of drug-likeness (QED) is 0.819. The summed E-state index contributed by atoms with van der Waals surface area (Å²) < 4.78 is 5.27. The first-order valence-corrected chi connectivity index (χ1v) is 7.09. The number of allylic oxidation sites excluding steroid dienone is 1. The van der Waals surface area contributed by atoms with Crippen molar-refractivity contribution in [1.82, 2.24) is 10.2 Å². The van der Waals surface area contributed by atoms with Crippen LogP contribution in [0, 0.1) is 0 Å². The van der Waals surface area contributed by atoms with Crippen molar-refractivity contribution in [1.29, 1.82) is 0 Å². The molecule has 5 heteroatoms. The van der Waals surface area contributed by atoms with Crippen molar-refractivity contribution in [3.63, 3.8) is 0 Å². The lowest BCUT2D eigenvalue weighted by molar-refractivity contribution is 0.199. The molecule has 2 N–H and O–H groups in total. The number of nitrogens with one attached hydrogen (secondary N) is 1. The third-order valence-electron chi connectivity index (χ3n) is 3.66. The number of hydrogen-bond donors (Lipinski definition) is 2. The number of methoxy groups -OCH3 is 1. The van der Waals surface area contributed by atoms with Crippen LogP contribution in [0.1, 0.15) is 18.1 Å². The Hall–Kier alpha value is -1.23. The van der Waals surface area contributed by atoms with Crippen molar-refractivity contribution in [2.24, 2.45) is 0 Å². The Kier molecular flexibility index (Phi) is 7.02. The smallest absolute Gasteiger partial charge is 0.161 e. The van der Waals surface area contributed by atoms with Gasteiger partial charge in [-0.15, -0.1) is 19.0 Å². The van der Waals surface area contributed by atoms with Gasteiger partial charge in [-0.05, 0) is 25.0 Å². The minimum absolute atomic E-state index is 0. The molecule has 1 aromatic rings. The minimum atomic E-state index is 0. The van der Waals surface area contributed by atoms with Crippen molar-refractivity contribution in [2.75, 3.05) is 26.7 Å². The molecule has 1 aliphatic rings. The van der Waals surface area contributed by atoms with E-state index in [0.717, 1.165) is 31.7 Å². The maximum atomic E-state index is 10.1. The SMILES string of the molecule is C=CCc1cc(CN2CCN[C@@H](C)C2)cc(OC)c1O.Cl. The first kappa shape index (κ1) is 17.8. The monoisotopic (exact) mass is 312 g/mol. The van der Waals surface area contributed by atoms with E-state index >= 15 is 0 Å². The topological polar surface area (TPSA) is 44.7 Å². The van der Waals surface area contributed by atoms with E-state index < -0.39 is 0 Å². The van der Waals surface area contributed by atoms with Crippen LogP contribution in [0.3, 0.4) is 0 Å². The van der Waals surface area contributed by atoms with Gasteiger partial charge in [-0.1, -0.05) is 12.1 Å². The molecule has 1 atom stereocenters. The predicted molar refractivity (Wildman–Crippen MR) is 88.5 cm³/mol. The van der Waals surface area contributed by atoms with Crippen LogP contribution in [-0.2, 0) is 13.0 Å². The Labute approximate surface area is 133 Å². The number of phenols is 1. The summed E-state index contributed by atoms with van der Waals surface area (Å²) in [5, 5.41) is 13.5. The molecule has 1 aromatic carbocycles. The number of hydrogen-bond acceptors (Lipinski definition) is 4. The lowest BCUT2D eigenvalue weighted by Gasteiger charge is -2.32. The van der Waals surface area contributed by atoms with E-state index in [-0.39, 0.29) is 18.2 Å². The highest BCUT2D eigenvalue weighted by Crippen LogP contribution is 2.32. The van der Waals surface area contributed by atoms with E-state index in [1.807, 2.05) is 12.1 Å². The second kappa shape index (κ2) is 8.27. The highest BCUT2D eigenvalue weighted by Gasteiger charge is 2.17. The van der Waals surface area contributed by atoms with Crippen LogP contribution in [0.2, 0.25) is 0 Å². The van der Waals surface area contributed by atoms with E-state index in [4.69, 9.17) is 4.74 Å². The van der Waals surface area contributed by atoms with Gasteiger partial charge in [0.2, 0.25) is 0 Å². The highest BCUT2D eigenvalue weighted by atomic mass is 35.5. The van der Waals surface area contributed by atoms with Crippen molar-refractivity contribution >= 4 is 12.4 Å². The van der Waals surface area contributed by atoms with Gasteiger partial charge < -0.3 is 15.2 Å². The summed E-state index contributed by atoms with van der Waals surface area (Å²) in [6.45, 7) is 9.93. The maximum absolute atomic E-state index is 10.1. The van der Waals surface area contributed by atoms with Crippen molar-refractivity contribution in [3.05, 3.63) is 35.9 Å². The average Bonchev–Trinajstić information content (AvgIpc) is 2.42. The van der Waals surface area contributed by atoms with Crippen LogP contribution >= 0.6 is 12.4 Å². The summed E-state index contributed by atoms with van der Waals surface area (Å²) >= 11 is 0. The lowest BCUT2D eigenvalue weighted by atomic mass is 10.0. The molecule has 0 saturated carbocycles. The maximum Gasteiger partial charge on any atom is 0.161 e. The Morgan fingerprint density at radius 1 is 1.52 bits per heavy atom. The van der Waals surface area contributed by atoms with Crippen LogP contribution in [0.25, 0.3) is 0 Å². The fourth-order valence-electron chi connectivity index (χ4n) is 2.70. The van der Waals surface area contributed by atoms with E-state index in [1.54, 1.807) is 13.2 Å². The number of phenolic OH excluding ortho intramolecular Hbond substituents is 1. The van der Waals surface area contributed by atoms with Gasteiger partial charge >= 0.3 is 0 Å². The largest absolute Gasteiger partial charge is 0.504 e. The number of halogens is 1. The fourth-order valence-corrected chi connectivity index (χ4v) is 2.70. The van der Waals surface area contributed by atoms with Gasteiger partial charge in [-0.25, -0.2) is 0 Å². The molecule has 1 fully saturated rings. The number of benzene rings is 1. The molecule has 0 amide bonds. The van der Waals surface area contributed by atoms with Gasteiger partial charge in [0, 0.05) is 37.8 Å². The molecular formula is C16H25ClN2O2. The first-order valence-electron chi connectivity index (χ1n) is 7.09. The van der Waals surface area contributed by atoms with E-state index in [9.17, 15) is 5.11 Å². The summed E-state index contributed by atoms with van der Waals surface area (Å²) in [5.74, 6) is 0.771. The number of nitrogens with zero attached hydrogens (tertiary/aromatic N) is 1. The summed E-state index contributed by atoms with van der Waals surface area (Å²) in [6.07, 6.45) is 2.44. The molecule has 1 heterocycles. The van der Waals surface area contributed by atoms with Crippen LogP contribution in [0.5, 0.6) is 11.5 Å². The summed E-state index contributed by atoms with van der Waals surface area (Å²) in [4.78, 5) is 2.42. The molecule has 118 valence electrons. The van der Waals surface area contributed by atoms with Crippen molar-refractivity contribution < 1.29 is 9.84 Å². The zero-order valence-electron chi connectivity index (χ0n) is 12.8. The number of rotatable bonds is 5. The molecular weight excluding hydrogens is 288 g/mol. The fraction of sp³-hybridized carbons (Fsp3) is 0.500.